The number of nitrogens with two attached hydrogens (primary N) is 1. The number of nitrogens with one attached hydrogen (secondary N) is 1. The smallest absolute Gasteiger partial charge is 0.203 e. The number of anilines is 1. The van der Waals surface area contributed by atoms with Crippen molar-refractivity contribution in [1.82, 2.24) is 29.9 Å². The van der Waals surface area contributed by atoms with E-state index in [0.29, 0.717) is 16.7 Å². The minimum atomic E-state index is -0.752. The van der Waals surface area contributed by atoms with Gasteiger partial charge < -0.3 is 10.2 Å². The standard InChI is InChI=1S/C30H21F2N7O2/c1-14-19-10-9-17(12-21(19)37-36-14)26-25-29(33)34-13-35-30(25)39(38-26)15(2)28-23(16-5-3-6-18(31)11-16)27(40)24-20(32)7-4-8-22(24)41-28/h3-13,15H,1-2H3,(H,36,37)(H2,33,34,35)/t15-/m1/s1. The first-order valence-corrected chi connectivity index (χ1v) is 12.8. The average molecular weight is 550 g/mol. The summed E-state index contributed by atoms with van der Waals surface area (Å²) in [6, 6.07) is 14.7. The lowest BCUT2D eigenvalue weighted by atomic mass is 9.99. The lowest BCUT2D eigenvalue weighted by Gasteiger charge is -2.17. The van der Waals surface area contributed by atoms with Gasteiger partial charge in [0.15, 0.2) is 5.65 Å². The van der Waals surface area contributed by atoms with Gasteiger partial charge in [0.1, 0.15) is 52.2 Å². The first kappa shape index (κ1) is 24.6. The third-order valence-electron chi connectivity index (χ3n) is 7.30. The summed E-state index contributed by atoms with van der Waals surface area (Å²) < 4.78 is 37.0. The summed E-state index contributed by atoms with van der Waals surface area (Å²) in [5.41, 5.74) is 9.38. The predicted molar refractivity (Wildman–Crippen MR) is 151 cm³/mol. The van der Waals surface area contributed by atoms with Crippen molar-refractivity contribution in [1.29, 1.82) is 0 Å². The Morgan fingerprint density at radius 2 is 1.83 bits per heavy atom. The maximum atomic E-state index is 14.8. The largest absolute Gasteiger partial charge is 0.458 e. The molecule has 11 heteroatoms. The van der Waals surface area contributed by atoms with Crippen LogP contribution in [-0.2, 0) is 0 Å². The Hall–Kier alpha value is -5.45. The number of aromatic amines is 1. The van der Waals surface area contributed by atoms with Crippen LogP contribution in [0.4, 0.5) is 14.6 Å². The van der Waals surface area contributed by atoms with Gasteiger partial charge in [-0.05, 0) is 49.7 Å². The van der Waals surface area contributed by atoms with Gasteiger partial charge in [-0.15, -0.1) is 0 Å². The Morgan fingerprint density at radius 1 is 1.00 bits per heavy atom. The number of rotatable bonds is 4. The van der Waals surface area contributed by atoms with Crippen molar-refractivity contribution in [2.45, 2.75) is 19.9 Å². The molecule has 3 N–H and O–H groups in total. The van der Waals surface area contributed by atoms with E-state index in [1.807, 2.05) is 25.1 Å². The van der Waals surface area contributed by atoms with E-state index < -0.39 is 23.1 Å². The summed E-state index contributed by atoms with van der Waals surface area (Å²) in [6.07, 6.45) is 1.33. The molecule has 7 rings (SSSR count). The minimum absolute atomic E-state index is 0.0242. The van der Waals surface area contributed by atoms with Crippen LogP contribution in [-0.4, -0.2) is 29.9 Å². The van der Waals surface area contributed by atoms with E-state index in [1.54, 1.807) is 17.7 Å². The molecule has 7 aromatic rings. The molecule has 3 aromatic carbocycles. The van der Waals surface area contributed by atoms with E-state index in [0.717, 1.165) is 22.2 Å². The molecule has 0 fully saturated rings. The van der Waals surface area contributed by atoms with Gasteiger partial charge in [0.25, 0.3) is 0 Å². The molecule has 0 saturated heterocycles. The lowest BCUT2D eigenvalue weighted by molar-refractivity contribution is 0.445. The van der Waals surface area contributed by atoms with Gasteiger partial charge in [0.05, 0.1) is 22.2 Å². The van der Waals surface area contributed by atoms with Crippen LogP contribution in [0, 0.1) is 18.6 Å². The number of fused-ring (bicyclic) bond motifs is 3. The molecule has 0 spiro atoms. The Morgan fingerprint density at radius 3 is 2.66 bits per heavy atom. The van der Waals surface area contributed by atoms with Crippen LogP contribution in [0.3, 0.4) is 0 Å². The van der Waals surface area contributed by atoms with Crippen LogP contribution in [0.25, 0.3) is 55.3 Å². The van der Waals surface area contributed by atoms with E-state index >= 15 is 0 Å². The van der Waals surface area contributed by atoms with Crippen LogP contribution >= 0.6 is 0 Å². The summed E-state index contributed by atoms with van der Waals surface area (Å²) >= 11 is 0. The number of halogens is 2. The van der Waals surface area contributed by atoms with E-state index in [-0.39, 0.29) is 33.7 Å². The van der Waals surface area contributed by atoms with E-state index in [2.05, 4.69) is 20.2 Å². The molecule has 0 unspecified atom stereocenters. The van der Waals surface area contributed by atoms with Gasteiger partial charge in [0.2, 0.25) is 5.43 Å². The number of hydrogen-bond donors (Lipinski definition) is 2. The van der Waals surface area contributed by atoms with Crippen molar-refractivity contribution < 1.29 is 13.2 Å². The molecule has 0 aliphatic heterocycles. The van der Waals surface area contributed by atoms with Crippen LogP contribution in [0.5, 0.6) is 0 Å². The fourth-order valence-electron chi connectivity index (χ4n) is 5.31. The van der Waals surface area contributed by atoms with Gasteiger partial charge in [-0.3, -0.25) is 9.89 Å². The molecular formula is C30H21F2N7O2. The van der Waals surface area contributed by atoms with Crippen molar-refractivity contribution in [2.75, 3.05) is 5.73 Å². The molecule has 1 atom stereocenters. The summed E-state index contributed by atoms with van der Waals surface area (Å²) in [5, 5.41) is 13.4. The highest BCUT2D eigenvalue weighted by molar-refractivity contribution is 6.00. The molecule has 4 heterocycles. The number of nitrogen functional groups attached to an aromatic ring is 1. The number of H-pyrrole nitrogens is 1. The van der Waals surface area contributed by atoms with Gasteiger partial charge in [-0.1, -0.05) is 30.3 Å². The minimum Gasteiger partial charge on any atom is -0.458 e. The maximum Gasteiger partial charge on any atom is 0.203 e. The number of nitrogens with zero attached hydrogens (tertiary/aromatic N) is 5. The highest BCUT2D eigenvalue weighted by Crippen LogP contribution is 2.37. The Kier molecular flexibility index (Phi) is 5.43. The highest BCUT2D eigenvalue weighted by atomic mass is 19.1. The van der Waals surface area contributed by atoms with Gasteiger partial charge in [0, 0.05) is 10.9 Å². The molecule has 0 bridgehead atoms. The summed E-state index contributed by atoms with van der Waals surface area (Å²) in [7, 11) is 0. The Balaban J connectivity index is 1.50. The fraction of sp³-hybridized carbons (Fsp3) is 0.100. The third-order valence-corrected chi connectivity index (χ3v) is 7.30. The number of hydrogen-bond acceptors (Lipinski definition) is 7. The quantitative estimate of drug-likeness (QED) is 0.279. The average Bonchev–Trinajstić information content (AvgIpc) is 3.54. The predicted octanol–water partition coefficient (Wildman–Crippen LogP) is 5.92. The van der Waals surface area contributed by atoms with Gasteiger partial charge >= 0.3 is 0 Å². The van der Waals surface area contributed by atoms with Crippen molar-refractivity contribution in [3.8, 4) is 22.4 Å². The van der Waals surface area contributed by atoms with Crippen LogP contribution in [0.2, 0.25) is 0 Å². The second kappa shape index (κ2) is 9.05. The molecule has 0 aliphatic rings. The number of benzene rings is 3. The second-order valence-corrected chi connectivity index (χ2v) is 9.79. The molecule has 0 aliphatic carbocycles. The van der Waals surface area contributed by atoms with E-state index in [1.165, 1.54) is 42.7 Å². The Bertz CT molecular complexity index is 2220. The normalized spacial score (nSPS) is 12.5. The SMILES string of the molecule is Cc1n[nH]c2cc(-c3nn([C@H](C)c4oc5cccc(F)c5c(=O)c4-c4cccc(F)c4)c4ncnc(N)c34)ccc12. The molecule has 0 radical (unpaired) electrons. The molecule has 0 saturated carbocycles. The molecule has 9 nitrogen and oxygen atoms in total. The van der Waals surface area contributed by atoms with Crippen LogP contribution in [0.1, 0.15) is 24.4 Å². The zero-order valence-corrected chi connectivity index (χ0v) is 21.8. The van der Waals surface area contributed by atoms with E-state index in [4.69, 9.17) is 15.2 Å². The van der Waals surface area contributed by atoms with Crippen molar-refractivity contribution in [2.24, 2.45) is 0 Å². The van der Waals surface area contributed by atoms with Crippen LogP contribution in [0.15, 0.2) is 76.2 Å². The zero-order chi connectivity index (χ0) is 28.4. The summed E-state index contributed by atoms with van der Waals surface area (Å²) in [5.74, 6) is -0.904. The number of aryl methyl sites for hydroxylation is 1. The van der Waals surface area contributed by atoms with Crippen molar-refractivity contribution in [3.63, 3.8) is 0 Å². The second-order valence-electron chi connectivity index (χ2n) is 9.79. The lowest BCUT2D eigenvalue weighted by Crippen LogP contribution is -2.17. The first-order chi connectivity index (χ1) is 19.8. The fourth-order valence-corrected chi connectivity index (χ4v) is 5.31. The van der Waals surface area contributed by atoms with Crippen molar-refractivity contribution >= 4 is 38.7 Å². The molecule has 41 heavy (non-hydrogen) atoms. The molecule has 0 amide bonds. The molecular weight excluding hydrogens is 528 g/mol. The monoisotopic (exact) mass is 549 g/mol. The summed E-state index contributed by atoms with van der Waals surface area (Å²) in [6.45, 7) is 3.68. The first-order valence-electron chi connectivity index (χ1n) is 12.8. The van der Waals surface area contributed by atoms with E-state index in [9.17, 15) is 13.6 Å². The maximum absolute atomic E-state index is 14.8. The highest BCUT2D eigenvalue weighted by Gasteiger charge is 2.28. The van der Waals surface area contributed by atoms with Crippen LogP contribution < -0.4 is 11.2 Å². The Labute approximate surface area is 230 Å². The third kappa shape index (κ3) is 3.77. The van der Waals surface area contributed by atoms with Gasteiger partial charge in [-0.2, -0.15) is 10.2 Å². The van der Waals surface area contributed by atoms with Gasteiger partial charge in [-0.25, -0.2) is 23.4 Å². The zero-order valence-electron chi connectivity index (χ0n) is 21.8. The number of aromatic nitrogens is 6. The summed E-state index contributed by atoms with van der Waals surface area (Å²) in [4.78, 5) is 22.4. The molecule has 4 aromatic heterocycles. The topological polar surface area (TPSA) is 129 Å². The molecule has 202 valence electrons. The van der Waals surface area contributed by atoms with Crippen molar-refractivity contribution in [3.05, 3.63) is 100 Å².